The lowest BCUT2D eigenvalue weighted by molar-refractivity contribution is 0.0662. The minimum atomic E-state index is -3.25. The van der Waals surface area contributed by atoms with Crippen LogP contribution in [0.4, 0.5) is 0 Å². The zero-order chi connectivity index (χ0) is 23.2. The van der Waals surface area contributed by atoms with Crippen molar-refractivity contribution in [3.05, 3.63) is 75.6 Å². The Morgan fingerprint density at radius 1 is 1.12 bits per heavy atom. The zero-order valence-electron chi connectivity index (χ0n) is 18.3. The van der Waals surface area contributed by atoms with Crippen LogP contribution in [0.1, 0.15) is 53.9 Å². The van der Waals surface area contributed by atoms with Crippen LogP contribution in [-0.4, -0.2) is 43.4 Å². The molecule has 1 aromatic heterocycles. The van der Waals surface area contributed by atoms with Crippen LogP contribution in [-0.2, 0) is 9.84 Å². The topological polar surface area (TPSA) is 93.9 Å². The van der Waals surface area contributed by atoms with E-state index in [0.717, 1.165) is 12.8 Å². The third-order valence-electron chi connectivity index (χ3n) is 6.36. The summed E-state index contributed by atoms with van der Waals surface area (Å²) < 4.78 is 36.3. The van der Waals surface area contributed by atoms with Crippen LogP contribution in [0, 0.1) is 0 Å². The van der Waals surface area contributed by atoms with Crippen LogP contribution in [0.25, 0.3) is 11.0 Å². The van der Waals surface area contributed by atoms with Gasteiger partial charge in [-0.1, -0.05) is 37.6 Å². The molecule has 0 saturated carbocycles. The second kappa shape index (κ2) is 8.33. The Labute approximate surface area is 191 Å². The van der Waals surface area contributed by atoms with Crippen LogP contribution in [0.5, 0.6) is 5.75 Å². The monoisotopic (exact) mass is 467 g/mol. The number of para-hydroxylation sites is 1. The predicted molar refractivity (Wildman–Crippen MR) is 124 cm³/mol. The van der Waals surface area contributed by atoms with E-state index in [4.69, 9.17) is 9.15 Å². The maximum Gasteiger partial charge on any atom is 0.291 e. The van der Waals surface area contributed by atoms with Crippen molar-refractivity contribution in [1.82, 2.24) is 4.90 Å². The van der Waals surface area contributed by atoms with Gasteiger partial charge in [-0.05, 0) is 42.7 Å². The molecule has 0 radical (unpaired) electrons. The maximum atomic E-state index is 13.5. The Kier molecular flexibility index (Phi) is 5.48. The summed E-state index contributed by atoms with van der Waals surface area (Å²) in [5.41, 5.74) is 1.02. The van der Waals surface area contributed by atoms with Gasteiger partial charge in [0, 0.05) is 6.04 Å². The molecule has 0 bridgehead atoms. The molecular formula is C25H25NO6S. The largest absolute Gasteiger partial charge is 0.494 e. The number of carbonyl (C=O) groups is 1. The van der Waals surface area contributed by atoms with Crippen molar-refractivity contribution in [1.29, 1.82) is 0 Å². The lowest BCUT2D eigenvalue weighted by Crippen LogP contribution is -2.40. The highest BCUT2D eigenvalue weighted by atomic mass is 32.2. The molecule has 2 aliphatic rings. The predicted octanol–water partition coefficient (Wildman–Crippen LogP) is 3.70. The molecule has 0 aliphatic carbocycles. The summed E-state index contributed by atoms with van der Waals surface area (Å²) in [4.78, 5) is 28.6. The number of ether oxygens (including phenoxy) is 1. The first-order valence-electron chi connectivity index (χ1n) is 11.2. The van der Waals surface area contributed by atoms with Crippen LogP contribution in [0.3, 0.4) is 0 Å². The van der Waals surface area contributed by atoms with Gasteiger partial charge in [0.25, 0.3) is 5.91 Å². The lowest BCUT2D eigenvalue weighted by atomic mass is 9.97. The highest BCUT2D eigenvalue weighted by Gasteiger charge is 2.48. The number of sulfone groups is 1. The first-order valence-corrected chi connectivity index (χ1v) is 13.0. The molecule has 0 spiro atoms. The quantitative estimate of drug-likeness (QED) is 0.513. The molecule has 33 heavy (non-hydrogen) atoms. The average Bonchev–Trinajstić information content (AvgIpc) is 3.31. The van der Waals surface area contributed by atoms with E-state index in [1.807, 2.05) is 24.3 Å². The summed E-state index contributed by atoms with van der Waals surface area (Å²) in [5, 5.41) is 0.394. The molecule has 1 fully saturated rings. The summed E-state index contributed by atoms with van der Waals surface area (Å²) in [6.45, 7) is 2.65. The van der Waals surface area contributed by atoms with Gasteiger partial charge in [-0.25, -0.2) is 8.42 Å². The molecule has 1 amide bonds. The van der Waals surface area contributed by atoms with E-state index in [0.29, 0.717) is 35.3 Å². The third kappa shape index (κ3) is 3.82. The van der Waals surface area contributed by atoms with Crippen molar-refractivity contribution < 1.29 is 22.4 Å². The van der Waals surface area contributed by atoms with E-state index in [-0.39, 0.29) is 28.3 Å². The Morgan fingerprint density at radius 2 is 1.94 bits per heavy atom. The van der Waals surface area contributed by atoms with Gasteiger partial charge in [0.2, 0.25) is 5.76 Å². The smallest absolute Gasteiger partial charge is 0.291 e. The van der Waals surface area contributed by atoms with Crippen molar-refractivity contribution in [2.45, 2.75) is 38.3 Å². The zero-order valence-corrected chi connectivity index (χ0v) is 19.1. The molecule has 2 aromatic carbocycles. The number of carbonyl (C=O) groups excluding carboxylic acids is 1. The van der Waals surface area contributed by atoms with Crippen LogP contribution < -0.4 is 10.2 Å². The average molecular weight is 468 g/mol. The summed E-state index contributed by atoms with van der Waals surface area (Å²) in [6.07, 6.45) is 2.25. The Bertz CT molecular complexity index is 1390. The number of hydrogen-bond donors (Lipinski definition) is 0. The highest BCUT2D eigenvalue weighted by molar-refractivity contribution is 7.91. The van der Waals surface area contributed by atoms with Crippen LogP contribution in [0.15, 0.2) is 57.7 Å². The standard InChI is InChI=1S/C25H25NO6S/c1-2-3-12-31-18-8-6-7-16(14-18)22-21-23(27)19-9-4-5-10-20(19)32-24(21)25(28)26(22)17-11-13-33(29,30)15-17/h4-10,14,17,22H,2-3,11-13,15H2,1H3/t17-,22+/m0/s1. The number of benzene rings is 2. The van der Waals surface area contributed by atoms with Gasteiger partial charge in [0.05, 0.1) is 35.1 Å². The third-order valence-corrected chi connectivity index (χ3v) is 8.11. The molecule has 172 valence electrons. The van der Waals surface area contributed by atoms with Gasteiger partial charge in [0.1, 0.15) is 11.3 Å². The number of nitrogens with zero attached hydrogens (tertiary/aromatic N) is 1. The number of fused-ring (bicyclic) bond motifs is 2. The molecule has 0 N–H and O–H groups in total. The van der Waals surface area contributed by atoms with Crippen LogP contribution in [0.2, 0.25) is 0 Å². The number of hydrogen-bond acceptors (Lipinski definition) is 6. The summed E-state index contributed by atoms with van der Waals surface area (Å²) in [5.74, 6) is 0.0890. The Balaban J connectivity index is 1.66. The molecule has 8 heteroatoms. The van der Waals surface area contributed by atoms with E-state index < -0.39 is 27.8 Å². The molecule has 2 atom stereocenters. The van der Waals surface area contributed by atoms with Gasteiger partial charge in [-0.2, -0.15) is 0 Å². The first kappa shape index (κ1) is 21.7. The van der Waals surface area contributed by atoms with E-state index in [2.05, 4.69) is 6.92 Å². The van der Waals surface area contributed by atoms with E-state index >= 15 is 0 Å². The minimum Gasteiger partial charge on any atom is -0.494 e. The van der Waals surface area contributed by atoms with Crippen molar-refractivity contribution in [2.24, 2.45) is 0 Å². The molecule has 3 heterocycles. The second-order valence-electron chi connectivity index (χ2n) is 8.62. The molecule has 3 aromatic rings. The normalized spacial score (nSPS) is 21.5. The Morgan fingerprint density at radius 3 is 2.70 bits per heavy atom. The first-order chi connectivity index (χ1) is 15.9. The fourth-order valence-electron chi connectivity index (χ4n) is 4.74. The van der Waals surface area contributed by atoms with Crippen molar-refractivity contribution in [3.63, 3.8) is 0 Å². The highest BCUT2D eigenvalue weighted by Crippen LogP contribution is 2.42. The van der Waals surface area contributed by atoms with Gasteiger partial charge >= 0.3 is 0 Å². The fraction of sp³-hybridized carbons (Fsp3) is 0.360. The van der Waals surface area contributed by atoms with Gasteiger partial charge in [-0.3, -0.25) is 9.59 Å². The summed E-state index contributed by atoms with van der Waals surface area (Å²) in [6, 6.07) is 12.9. The minimum absolute atomic E-state index is 0.00898. The van der Waals surface area contributed by atoms with E-state index in [1.165, 1.54) is 4.90 Å². The molecular weight excluding hydrogens is 442 g/mol. The summed E-state index contributed by atoms with van der Waals surface area (Å²) >= 11 is 0. The Hall–Kier alpha value is -3.13. The number of unbranched alkanes of at least 4 members (excludes halogenated alkanes) is 1. The van der Waals surface area contributed by atoms with E-state index in [9.17, 15) is 18.0 Å². The SMILES string of the molecule is CCCCOc1cccc([C@@H]2c3c(oc4ccccc4c3=O)C(=O)N2[C@H]2CCS(=O)(=O)C2)c1. The maximum absolute atomic E-state index is 13.5. The number of rotatable bonds is 6. The molecule has 7 nitrogen and oxygen atoms in total. The fourth-order valence-corrected chi connectivity index (χ4v) is 6.46. The van der Waals surface area contributed by atoms with Crippen molar-refractivity contribution in [2.75, 3.05) is 18.1 Å². The lowest BCUT2D eigenvalue weighted by Gasteiger charge is -2.30. The van der Waals surface area contributed by atoms with Gasteiger partial charge in [0.15, 0.2) is 15.3 Å². The summed E-state index contributed by atoms with van der Waals surface area (Å²) in [7, 11) is -3.25. The van der Waals surface area contributed by atoms with Crippen molar-refractivity contribution >= 4 is 26.7 Å². The molecule has 0 unspecified atom stereocenters. The van der Waals surface area contributed by atoms with E-state index in [1.54, 1.807) is 24.3 Å². The molecule has 5 rings (SSSR count). The van der Waals surface area contributed by atoms with Gasteiger partial charge in [-0.15, -0.1) is 0 Å². The van der Waals surface area contributed by atoms with Gasteiger partial charge < -0.3 is 14.1 Å². The molecule has 1 saturated heterocycles. The van der Waals surface area contributed by atoms with Crippen molar-refractivity contribution in [3.8, 4) is 5.75 Å². The van der Waals surface area contributed by atoms with Crippen LogP contribution >= 0.6 is 0 Å². The second-order valence-corrected chi connectivity index (χ2v) is 10.8. The number of amides is 1. The molecule has 2 aliphatic heterocycles.